The summed E-state index contributed by atoms with van der Waals surface area (Å²) in [6, 6.07) is 16.9. The SMILES string of the molecule is CC(C)(C)CC(=O)N(Cc1ccccc1)Cc1cc(C(=O)NCc2ccc3c(c2)OCO3)no1. The van der Waals surface area contributed by atoms with Gasteiger partial charge in [-0.1, -0.05) is 62.3 Å². The van der Waals surface area contributed by atoms with Crippen LogP contribution in [0.3, 0.4) is 0 Å². The van der Waals surface area contributed by atoms with E-state index in [1.165, 1.54) is 0 Å². The molecular formula is C26H29N3O5. The predicted octanol–water partition coefficient (Wildman–Crippen LogP) is 4.30. The maximum Gasteiger partial charge on any atom is 0.273 e. The van der Waals surface area contributed by atoms with Gasteiger partial charge in [0.15, 0.2) is 23.0 Å². The second-order valence-electron chi connectivity index (χ2n) is 9.52. The van der Waals surface area contributed by atoms with E-state index in [1.54, 1.807) is 11.0 Å². The lowest BCUT2D eigenvalue weighted by Gasteiger charge is -2.26. The van der Waals surface area contributed by atoms with E-state index in [0.717, 1.165) is 11.1 Å². The van der Waals surface area contributed by atoms with Gasteiger partial charge in [0.1, 0.15) is 0 Å². The Morgan fingerprint density at radius 1 is 0.971 bits per heavy atom. The van der Waals surface area contributed by atoms with E-state index < -0.39 is 0 Å². The van der Waals surface area contributed by atoms with Crippen LogP contribution < -0.4 is 14.8 Å². The molecule has 1 aliphatic rings. The summed E-state index contributed by atoms with van der Waals surface area (Å²) in [5, 5.41) is 6.74. The van der Waals surface area contributed by atoms with Gasteiger partial charge in [-0.05, 0) is 28.7 Å². The largest absolute Gasteiger partial charge is 0.454 e. The summed E-state index contributed by atoms with van der Waals surface area (Å²) in [6.45, 7) is 7.27. The molecule has 34 heavy (non-hydrogen) atoms. The van der Waals surface area contributed by atoms with E-state index in [-0.39, 0.29) is 36.3 Å². The van der Waals surface area contributed by atoms with Crippen LogP contribution in [0.1, 0.15) is 54.6 Å². The molecule has 0 radical (unpaired) electrons. The normalized spacial score (nSPS) is 12.4. The fourth-order valence-electron chi connectivity index (χ4n) is 3.61. The molecule has 0 spiro atoms. The Bertz CT molecular complexity index is 1150. The molecule has 1 aliphatic heterocycles. The van der Waals surface area contributed by atoms with Crippen molar-refractivity contribution in [3.63, 3.8) is 0 Å². The zero-order chi connectivity index (χ0) is 24.1. The lowest BCUT2D eigenvalue weighted by atomic mass is 9.91. The van der Waals surface area contributed by atoms with E-state index in [2.05, 4.69) is 10.5 Å². The van der Waals surface area contributed by atoms with Crippen molar-refractivity contribution in [3.05, 3.63) is 77.2 Å². The molecule has 2 amide bonds. The molecule has 0 saturated heterocycles. The summed E-state index contributed by atoms with van der Waals surface area (Å²) < 4.78 is 16.1. The summed E-state index contributed by atoms with van der Waals surface area (Å²) in [6.07, 6.45) is 0.400. The van der Waals surface area contributed by atoms with E-state index >= 15 is 0 Å². The van der Waals surface area contributed by atoms with E-state index in [0.29, 0.717) is 36.8 Å². The van der Waals surface area contributed by atoms with Crippen LogP contribution in [0.25, 0.3) is 0 Å². The molecule has 2 aromatic carbocycles. The highest BCUT2D eigenvalue weighted by molar-refractivity contribution is 5.92. The number of ether oxygens (including phenoxy) is 2. The first-order valence-electron chi connectivity index (χ1n) is 11.2. The minimum Gasteiger partial charge on any atom is -0.454 e. The Morgan fingerprint density at radius 3 is 2.50 bits per heavy atom. The van der Waals surface area contributed by atoms with Crippen LogP contribution in [0.15, 0.2) is 59.1 Å². The van der Waals surface area contributed by atoms with Crippen molar-refractivity contribution in [2.24, 2.45) is 5.41 Å². The number of nitrogens with zero attached hydrogens (tertiary/aromatic N) is 2. The molecule has 8 heteroatoms. The zero-order valence-electron chi connectivity index (χ0n) is 19.7. The standard InChI is InChI=1S/C26H29N3O5/c1-26(2,3)13-24(30)29(15-18-7-5-4-6-8-18)16-20-12-21(28-34-20)25(31)27-14-19-9-10-22-23(11-19)33-17-32-22/h4-12H,13-17H2,1-3H3,(H,27,31). The maximum atomic E-state index is 13.0. The molecule has 0 aliphatic carbocycles. The maximum absolute atomic E-state index is 13.0. The molecule has 0 atom stereocenters. The van der Waals surface area contributed by atoms with Crippen LogP contribution in [-0.2, 0) is 24.4 Å². The molecule has 4 rings (SSSR count). The molecular weight excluding hydrogens is 434 g/mol. The Hall–Kier alpha value is -3.81. The van der Waals surface area contributed by atoms with Crippen LogP contribution in [0, 0.1) is 5.41 Å². The van der Waals surface area contributed by atoms with Gasteiger partial charge < -0.3 is 24.2 Å². The molecule has 0 saturated carbocycles. The first-order chi connectivity index (χ1) is 16.3. The third-order valence-electron chi connectivity index (χ3n) is 5.28. The molecule has 8 nitrogen and oxygen atoms in total. The van der Waals surface area contributed by atoms with Crippen molar-refractivity contribution in [1.82, 2.24) is 15.4 Å². The van der Waals surface area contributed by atoms with Gasteiger partial charge in [-0.15, -0.1) is 0 Å². The average Bonchev–Trinajstić information content (AvgIpc) is 3.46. The number of carbonyl (C=O) groups excluding carboxylic acids is 2. The Labute approximate surface area is 198 Å². The fourth-order valence-corrected chi connectivity index (χ4v) is 3.61. The second-order valence-corrected chi connectivity index (χ2v) is 9.52. The molecule has 0 unspecified atom stereocenters. The summed E-state index contributed by atoms with van der Waals surface area (Å²) in [5.74, 6) is 1.46. The third kappa shape index (κ3) is 6.15. The minimum absolute atomic E-state index is 0.0153. The van der Waals surface area contributed by atoms with Crippen molar-refractivity contribution in [2.45, 2.75) is 46.8 Å². The first kappa shape index (κ1) is 23.4. The smallest absolute Gasteiger partial charge is 0.273 e. The van der Waals surface area contributed by atoms with Gasteiger partial charge in [-0.3, -0.25) is 9.59 Å². The second kappa shape index (κ2) is 9.99. The van der Waals surface area contributed by atoms with Gasteiger partial charge in [0, 0.05) is 25.6 Å². The number of nitrogens with one attached hydrogen (secondary N) is 1. The van der Waals surface area contributed by atoms with Gasteiger partial charge in [-0.25, -0.2) is 0 Å². The monoisotopic (exact) mass is 463 g/mol. The number of hydrogen-bond acceptors (Lipinski definition) is 6. The number of rotatable bonds is 8. The number of carbonyl (C=O) groups is 2. The van der Waals surface area contributed by atoms with Gasteiger partial charge >= 0.3 is 0 Å². The fraction of sp³-hybridized carbons (Fsp3) is 0.346. The summed E-state index contributed by atoms with van der Waals surface area (Å²) in [4.78, 5) is 27.3. The lowest BCUT2D eigenvalue weighted by molar-refractivity contribution is -0.134. The van der Waals surface area contributed by atoms with Crippen LogP contribution in [0.5, 0.6) is 11.5 Å². The Kier molecular flexibility index (Phi) is 6.86. The van der Waals surface area contributed by atoms with E-state index in [4.69, 9.17) is 14.0 Å². The van der Waals surface area contributed by atoms with Crippen molar-refractivity contribution in [1.29, 1.82) is 0 Å². The Balaban J connectivity index is 1.40. The predicted molar refractivity (Wildman–Crippen MR) is 125 cm³/mol. The summed E-state index contributed by atoms with van der Waals surface area (Å²) in [7, 11) is 0. The highest BCUT2D eigenvalue weighted by Crippen LogP contribution is 2.32. The Morgan fingerprint density at radius 2 is 1.74 bits per heavy atom. The van der Waals surface area contributed by atoms with Crippen LogP contribution in [0.2, 0.25) is 0 Å². The van der Waals surface area contributed by atoms with Crippen molar-refractivity contribution in [2.75, 3.05) is 6.79 Å². The van der Waals surface area contributed by atoms with Crippen molar-refractivity contribution < 1.29 is 23.6 Å². The lowest BCUT2D eigenvalue weighted by Crippen LogP contribution is -2.32. The van der Waals surface area contributed by atoms with Crippen molar-refractivity contribution in [3.8, 4) is 11.5 Å². The summed E-state index contributed by atoms with van der Waals surface area (Å²) >= 11 is 0. The molecule has 1 aromatic heterocycles. The van der Waals surface area contributed by atoms with Crippen molar-refractivity contribution >= 4 is 11.8 Å². The quantitative estimate of drug-likeness (QED) is 0.535. The third-order valence-corrected chi connectivity index (χ3v) is 5.28. The van der Waals surface area contributed by atoms with Gasteiger partial charge in [0.25, 0.3) is 5.91 Å². The molecule has 2 heterocycles. The van der Waals surface area contributed by atoms with Crippen LogP contribution in [0.4, 0.5) is 0 Å². The highest BCUT2D eigenvalue weighted by atomic mass is 16.7. The van der Waals surface area contributed by atoms with Crippen LogP contribution >= 0.6 is 0 Å². The average molecular weight is 464 g/mol. The molecule has 178 valence electrons. The van der Waals surface area contributed by atoms with Gasteiger partial charge in [-0.2, -0.15) is 0 Å². The molecule has 0 fully saturated rings. The number of aromatic nitrogens is 1. The number of fused-ring (bicyclic) bond motifs is 1. The van der Waals surface area contributed by atoms with E-state index in [9.17, 15) is 9.59 Å². The zero-order valence-corrected chi connectivity index (χ0v) is 19.7. The van der Waals surface area contributed by atoms with E-state index in [1.807, 2.05) is 69.3 Å². The number of hydrogen-bond donors (Lipinski definition) is 1. The van der Waals surface area contributed by atoms with Crippen LogP contribution in [-0.4, -0.2) is 28.7 Å². The highest BCUT2D eigenvalue weighted by Gasteiger charge is 2.23. The van der Waals surface area contributed by atoms with Gasteiger partial charge in [0.2, 0.25) is 12.7 Å². The number of benzene rings is 2. The molecule has 3 aromatic rings. The summed E-state index contributed by atoms with van der Waals surface area (Å²) in [5.41, 5.74) is 1.92. The molecule has 1 N–H and O–H groups in total. The first-order valence-corrected chi connectivity index (χ1v) is 11.2. The van der Waals surface area contributed by atoms with Gasteiger partial charge in [0.05, 0.1) is 6.54 Å². The number of amides is 2. The molecule has 0 bridgehead atoms. The minimum atomic E-state index is -0.358. The topological polar surface area (TPSA) is 93.9 Å².